The summed E-state index contributed by atoms with van der Waals surface area (Å²) >= 11 is 0. The lowest BCUT2D eigenvalue weighted by Crippen LogP contribution is -2.25. The van der Waals surface area contributed by atoms with Crippen molar-refractivity contribution in [3.63, 3.8) is 0 Å². The molecule has 0 aliphatic carbocycles. The highest BCUT2D eigenvalue weighted by Crippen LogP contribution is 2.27. The quantitative estimate of drug-likeness (QED) is 0.881. The molecular formula is C17H21NO. The van der Waals surface area contributed by atoms with E-state index in [0.29, 0.717) is 6.42 Å². The fraction of sp³-hybridized carbons (Fsp3) is 0.353. The summed E-state index contributed by atoms with van der Waals surface area (Å²) in [5.41, 5.74) is 3.77. The zero-order valence-electron chi connectivity index (χ0n) is 12.1. The van der Waals surface area contributed by atoms with Crippen LogP contribution >= 0.6 is 0 Å². The SMILES string of the molecule is CCC(=O)NC(C)c1cccc2cc(C)c(C)cc12. The van der Waals surface area contributed by atoms with Crippen LogP contribution in [0.25, 0.3) is 10.8 Å². The van der Waals surface area contributed by atoms with Gasteiger partial charge in [0.25, 0.3) is 0 Å². The maximum Gasteiger partial charge on any atom is 0.220 e. The molecule has 1 amide bonds. The van der Waals surface area contributed by atoms with Crippen LogP contribution in [0, 0.1) is 13.8 Å². The summed E-state index contributed by atoms with van der Waals surface area (Å²) in [6, 6.07) is 10.7. The van der Waals surface area contributed by atoms with E-state index < -0.39 is 0 Å². The zero-order valence-corrected chi connectivity index (χ0v) is 12.1. The van der Waals surface area contributed by atoms with Gasteiger partial charge in [-0.1, -0.05) is 37.3 Å². The minimum Gasteiger partial charge on any atom is -0.350 e. The molecule has 1 N–H and O–H groups in total. The summed E-state index contributed by atoms with van der Waals surface area (Å²) in [5, 5.41) is 5.50. The first-order chi connectivity index (χ1) is 9.02. The van der Waals surface area contributed by atoms with Crippen molar-refractivity contribution in [2.24, 2.45) is 0 Å². The van der Waals surface area contributed by atoms with Gasteiger partial charge in [-0.3, -0.25) is 4.79 Å². The van der Waals surface area contributed by atoms with Crippen LogP contribution in [0.15, 0.2) is 30.3 Å². The number of rotatable bonds is 3. The normalized spacial score (nSPS) is 12.4. The van der Waals surface area contributed by atoms with E-state index in [2.05, 4.69) is 49.5 Å². The number of hydrogen-bond donors (Lipinski definition) is 1. The average Bonchev–Trinajstić information content (AvgIpc) is 2.39. The molecule has 0 spiro atoms. The summed E-state index contributed by atoms with van der Waals surface area (Å²) in [4.78, 5) is 11.5. The molecule has 2 nitrogen and oxygen atoms in total. The van der Waals surface area contributed by atoms with Gasteiger partial charge in [0.15, 0.2) is 0 Å². The highest BCUT2D eigenvalue weighted by Gasteiger charge is 2.11. The fourth-order valence-electron chi connectivity index (χ4n) is 2.37. The molecule has 100 valence electrons. The van der Waals surface area contributed by atoms with Gasteiger partial charge in [0.05, 0.1) is 6.04 Å². The molecule has 1 atom stereocenters. The van der Waals surface area contributed by atoms with E-state index in [0.717, 1.165) is 0 Å². The molecule has 1 unspecified atom stereocenters. The number of hydrogen-bond acceptors (Lipinski definition) is 1. The summed E-state index contributed by atoms with van der Waals surface area (Å²) in [6.45, 7) is 8.17. The number of amides is 1. The van der Waals surface area contributed by atoms with Gasteiger partial charge in [-0.2, -0.15) is 0 Å². The van der Waals surface area contributed by atoms with Crippen molar-refractivity contribution in [2.45, 2.75) is 40.2 Å². The Morgan fingerprint density at radius 3 is 2.58 bits per heavy atom. The molecule has 0 saturated carbocycles. The lowest BCUT2D eigenvalue weighted by Gasteiger charge is -2.17. The molecule has 0 fully saturated rings. The molecule has 0 aliphatic rings. The number of carbonyl (C=O) groups excluding carboxylic acids is 1. The van der Waals surface area contributed by atoms with E-state index >= 15 is 0 Å². The molecule has 0 aromatic heterocycles. The number of nitrogens with one attached hydrogen (secondary N) is 1. The fourth-order valence-corrected chi connectivity index (χ4v) is 2.37. The van der Waals surface area contributed by atoms with E-state index in [-0.39, 0.29) is 11.9 Å². The predicted octanol–water partition coefficient (Wildman–Crippen LogP) is 4.04. The van der Waals surface area contributed by atoms with Crippen LogP contribution in [0.5, 0.6) is 0 Å². The highest BCUT2D eigenvalue weighted by atomic mass is 16.1. The lowest BCUT2D eigenvalue weighted by molar-refractivity contribution is -0.121. The highest BCUT2D eigenvalue weighted by molar-refractivity contribution is 5.88. The monoisotopic (exact) mass is 255 g/mol. The molecule has 2 aromatic carbocycles. The summed E-state index contributed by atoms with van der Waals surface area (Å²) in [5.74, 6) is 0.0911. The average molecular weight is 255 g/mol. The smallest absolute Gasteiger partial charge is 0.220 e. The van der Waals surface area contributed by atoms with E-state index in [1.54, 1.807) is 0 Å². The molecule has 19 heavy (non-hydrogen) atoms. The van der Waals surface area contributed by atoms with Crippen molar-refractivity contribution >= 4 is 16.7 Å². The topological polar surface area (TPSA) is 29.1 Å². The Kier molecular flexibility index (Phi) is 3.89. The molecule has 2 aromatic rings. The Morgan fingerprint density at radius 1 is 1.21 bits per heavy atom. The second kappa shape index (κ2) is 5.43. The van der Waals surface area contributed by atoms with Crippen molar-refractivity contribution < 1.29 is 4.79 Å². The second-order valence-electron chi connectivity index (χ2n) is 5.15. The van der Waals surface area contributed by atoms with Crippen molar-refractivity contribution in [1.82, 2.24) is 5.32 Å². The first-order valence-corrected chi connectivity index (χ1v) is 6.82. The Morgan fingerprint density at radius 2 is 1.89 bits per heavy atom. The Hall–Kier alpha value is -1.83. The van der Waals surface area contributed by atoms with E-state index in [4.69, 9.17) is 0 Å². The maximum atomic E-state index is 11.5. The lowest BCUT2D eigenvalue weighted by atomic mass is 9.96. The minimum absolute atomic E-state index is 0.0401. The van der Waals surface area contributed by atoms with Crippen LogP contribution in [0.4, 0.5) is 0 Å². The van der Waals surface area contributed by atoms with E-state index in [9.17, 15) is 4.79 Å². The molecule has 0 radical (unpaired) electrons. The molecule has 0 bridgehead atoms. The number of benzene rings is 2. The van der Waals surface area contributed by atoms with Gasteiger partial charge in [-0.25, -0.2) is 0 Å². The first kappa shape index (κ1) is 13.6. The molecule has 2 rings (SSSR count). The van der Waals surface area contributed by atoms with Crippen LogP contribution in [-0.4, -0.2) is 5.91 Å². The first-order valence-electron chi connectivity index (χ1n) is 6.82. The number of carbonyl (C=O) groups is 1. The Labute approximate surface area is 114 Å². The zero-order chi connectivity index (χ0) is 14.0. The van der Waals surface area contributed by atoms with Gasteiger partial charge in [0.1, 0.15) is 0 Å². The van der Waals surface area contributed by atoms with Gasteiger partial charge >= 0.3 is 0 Å². The van der Waals surface area contributed by atoms with Crippen molar-refractivity contribution in [3.05, 3.63) is 47.0 Å². The third kappa shape index (κ3) is 2.78. The number of fused-ring (bicyclic) bond motifs is 1. The standard InChI is InChI=1S/C17H21NO/c1-5-17(19)18-13(4)15-8-6-7-14-9-11(2)12(3)10-16(14)15/h6-10,13H,5H2,1-4H3,(H,18,19). The van der Waals surface area contributed by atoms with Gasteiger partial charge in [-0.05, 0) is 48.2 Å². The summed E-state index contributed by atoms with van der Waals surface area (Å²) < 4.78 is 0. The van der Waals surface area contributed by atoms with Gasteiger partial charge in [-0.15, -0.1) is 0 Å². The molecule has 0 heterocycles. The van der Waals surface area contributed by atoms with Crippen molar-refractivity contribution in [1.29, 1.82) is 0 Å². The largest absolute Gasteiger partial charge is 0.350 e. The Balaban J connectivity index is 2.48. The van der Waals surface area contributed by atoms with Crippen LogP contribution in [0.2, 0.25) is 0 Å². The second-order valence-corrected chi connectivity index (χ2v) is 5.15. The van der Waals surface area contributed by atoms with Crippen LogP contribution in [-0.2, 0) is 4.79 Å². The molecular weight excluding hydrogens is 234 g/mol. The summed E-state index contributed by atoms with van der Waals surface area (Å²) in [6.07, 6.45) is 0.521. The maximum absolute atomic E-state index is 11.5. The van der Waals surface area contributed by atoms with Crippen LogP contribution in [0.1, 0.15) is 43.0 Å². The molecule has 2 heteroatoms. The summed E-state index contributed by atoms with van der Waals surface area (Å²) in [7, 11) is 0. The third-order valence-corrected chi connectivity index (χ3v) is 3.69. The minimum atomic E-state index is 0.0401. The third-order valence-electron chi connectivity index (χ3n) is 3.69. The van der Waals surface area contributed by atoms with Crippen molar-refractivity contribution in [2.75, 3.05) is 0 Å². The van der Waals surface area contributed by atoms with Crippen molar-refractivity contribution in [3.8, 4) is 0 Å². The van der Waals surface area contributed by atoms with Crippen LogP contribution in [0.3, 0.4) is 0 Å². The molecule has 0 aliphatic heterocycles. The predicted molar refractivity (Wildman–Crippen MR) is 80.3 cm³/mol. The van der Waals surface area contributed by atoms with Crippen LogP contribution < -0.4 is 5.32 Å². The van der Waals surface area contributed by atoms with Gasteiger partial charge < -0.3 is 5.32 Å². The van der Waals surface area contributed by atoms with E-state index in [1.807, 2.05) is 13.8 Å². The number of aryl methyl sites for hydroxylation is 2. The van der Waals surface area contributed by atoms with Gasteiger partial charge in [0, 0.05) is 6.42 Å². The molecule has 0 saturated heterocycles. The van der Waals surface area contributed by atoms with E-state index in [1.165, 1.54) is 27.5 Å². The van der Waals surface area contributed by atoms with Gasteiger partial charge in [0.2, 0.25) is 5.91 Å². The Bertz CT molecular complexity index is 616.